The van der Waals surface area contributed by atoms with Crippen molar-refractivity contribution in [1.82, 2.24) is 14.5 Å². The Bertz CT molecular complexity index is 753. The number of rotatable bonds is 2. The zero-order valence-electron chi connectivity index (χ0n) is 11.5. The van der Waals surface area contributed by atoms with Crippen LogP contribution in [0, 0.1) is 0 Å². The molecule has 21 heavy (non-hydrogen) atoms. The number of aromatic nitrogens is 2. The molecule has 1 aliphatic heterocycles. The molecule has 0 aromatic carbocycles. The summed E-state index contributed by atoms with van der Waals surface area (Å²) in [5.74, 6) is 0.0229. The second-order valence-corrected chi connectivity index (χ2v) is 7.34. The number of hydrogen-bond acceptors (Lipinski definition) is 4. The topological polar surface area (TPSA) is 55.2 Å². The average molecular weight is 368 g/mol. The molecular formula is C14H14BrN3O2S. The van der Waals surface area contributed by atoms with E-state index < -0.39 is 0 Å². The third kappa shape index (κ3) is 2.94. The lowest BCUT2D eigenvalue weighted by molar-refractivity contribution is -0.129. The molecule has 0 fully saturated rings. The van der Waals surface area contributed by atoms with Crippen LogP contribution in [0.1, 0.15) is 23.7 Å². The summed E-state index contributed by atoms with van der Waals surface area (Å²) in [7, 11) is 0. The first-order chi connectivity index (χ1) is 10.0. The maximum absolute atomic E-state index is 12.5. The molecule has 3 heterocycles. The van der Waals surface area contributed by atoms with Crippen LogP contribution in [-0.2, 0) is 24.3 Å². The van der Waals surface area contributed by atoms with Gasteiger partial charge in [-0.05, 0) is 39.4 Å². The number of fused-ring (bicyclic) bond motifs is 1. The van der Waals surface area contributed by atoms with E-state index >= 15 is 0 Å². The van der Waals surface area contributed by atoms with Gasteiger partial charge < -0.3 is 4.90 Å². The van der Waals surface area contributed by atoms with E-state index in [1.165, 1.54) is 0 Å². The van der Waals surface area contributed by atoms with Gasteiger partial charge in [-0.3, -0.25) is 14.2 Å². The molecule has 7 heteroatoms. The first-order valence-electron chi connectivity index (χ1n) is 6.60. The van der Waals surface area contributed by atoms with Gasteiger partial charge >= 0.3 is 0 Å². The molecule has 1 aliphatic rings. The number of carbonyl (C=O) groups is 1. The molecule has 0 saturated heterocycles. The standard InChI is InChI=1S/C14H14BrN3O2S/c1-9(19)17-3-2-11-12(6-17)16-8-18(14(11)20)5-10-4-13(15)21-7-10/h4,7-8H,2-3,5-6H2,1H3. The van der Waals surface area contributed by atoms with Gasteiger partial charge in [0, 0.05) is 19.0 Å². The number of carbonyl (C=O) groups excluding carboxylic acids is 1. The van der Waals surface area contributed by atoms with Crippen molar-refractivity contribution in [3.05, 3.63) is 48.7 Å². The minimum atomic E-state index is 0.00512. The van der Waals surface area contributed by atoms with Gasteiger partial charge in [0.15, 0.2) is 0 Å². The van der Waals surface area contributed by atoms with Crippen LogP contribution in [-0.4, -0.2) is 26.9 Å². The Morgan fingerprint density at radius 2 is 2.33 bits per heavy atom. The van der Waals surface area contributed by atoms with E-state index in [1.807, 2.05) is 11.4 Å². The van der Waals surface area contributed by atoms with Crippen molar-refractivity contribution in [3.63, 3.8) is 0 Å². The van der Waals surface area contributed by atoms with Gasteiger partial charge in [0.1, 0.15) is 0 Å². The normalized spacial score (nSPS) is 14.1. The molecule has 3 rings (SSSR count). The molecule has 0 aliphatic carbocycles. The van der Waals surface area contributed by atoms with E-state index in [-0.39, 0.29) is 11.5 Å². The number of hydrogen-bond donors (Lipinski definition) is 0. The predicted octanol–water partition coefficient (Wildman–Crippen LogP) is 2.02. The Balaban J connectivity index is 1.89. The monoisotopic (exact) mass is 367 g/mol. The van der Waals surface area contributed by atoms with Gasteiger partial charge in [-0.1, -0.05) is 0 Å². The Morgan fingerprint density at radius 1 is 1.52 bits per heavy atom. The second kappa shape index (κ2) is 5.73. The fourth-order valence-corrected chi connectivity index (χ4v) is 3.67. The lowest BCUT2D eigenvalue weighted by Gasteiger charge is -2.26. The van der Waals surface area contributed by atoms with E-state index in [1.54, 1.807) is 34.1 Å². The number of amides is 1. The predicted molar refractivity (Wildman–Crippen MR) is 84.4 cm³/mol. The molecular weight excluding hydrogens is 354 g/mol. The molecule has 2 aromatic heterocycles. The maximum atomic E-state index is 12.5. The van der Waals surface area contributed by atoms with Crippen molar-refractivity contribution in [2.75, 3.05) is 6.54 Å². The highest BCUT2D eigenvalue weighted by molar-refractivity contribution is 9.11. The lowest BCUT2D eigenvalue weighted by Crippen LogP contribution is -2.39. The van der Waals surface area contributed by atoms with Crippen LogP contribution in [0.25, 0.3) is 0 Å². The van der Waals surface area contributed by atoms with E-state index in [4.69, 9.17) is 0 Å². The Hall–Kier alpha value is -1.47. The fourth-order valence-electron chi connectivity index (χ4n) is 2.47. The van der Waals surface area contributed by atoms with Crippen molar-refractivity contribution >= 4 is 33.2 Å². The van der Waals surface area contributed by atoms with Crippen molar-refractivity contribution in [1.29, 1.82) is 0 Å². The maximum Gasteiger partial charge on any atom is 0.257 e. The smallest absolute Gasteiger partial charge is 0.257 e. The molecule has 1 amide bonds. The average Bonchev–Trinajstić information content (AvgIpc) is 2.87. The highest BCUT2D eigenvalue weighted by atomic mass is 79.9. The van der Waals surface area contributed by atoms with Crippen molar-refractivity contribution in [3.8, 4) is 0 Å². The van der Waals surface area contributed by atoms with Crippen LogP contribution >= 0.6 is 27.3 Å². The van der Waals surface area contributed by atoms with Gasteiger partial charge in [-0.2, -0.15) is 0 Å². The van der Waals surface area contributed by atoms with E-state index in [2.05, 4.69) is 20.9 Å². The van der Waals surface area contributed by atoms with Crippen LogP contribution in [0.15, 0.2) is 26.4 Å². The molecule has 110 valence electrons. The van der Waals surface area contributed by atoms with Crippen LogP contribution in [0.5, 0.6) is 0 Å². The van der Waals surface area contributed by atoms with Crippen LogP contribution in [0.3, 0.4) is 0 Å². The minimum Gasteiger partial charge on any atom is -0.337 e. The molecule has 0 bridgehead atoms. The molecule has 0 spiro atoms. The molecule has 2 aromatic rings. The third-order valence-electron chi connectivity index (χ3n) is 3.61. The molecule has 0 N–H and O–H groups in total. The SMILES string of the molecule is CC(=O)N1CCc2c(ncn(Cc3csc(Br)c3)c2=O)C1. The molecule has 0 atom stereocenters. The summed E-state index contributed by atoms with van der Waals surface area (Å²) in [6.07, 6.45) is 2.16. The van der Waals surface area contributed by atoms with E-state index in [9.17, 15) is 9.59 Å². The molecule has 0 unspecified atom stereocenters. The Morgan fingerprint density at radius 3 is 3.00 bits per heavy atom. The summed E-state index contributed by atoms with van der Waals surface area (Å²) in [5, 5.41) is 2.02. The van der Waals surface area contributed by atoms with Crippen molar-refractivity contribution in [2.24, 2.45) is 0 Å². The number of nitrogens with zero attached hydrogens (tertiary/aromatic N) is 3. The zero-order valence-corrected chi connectivity index (χ0v) is 13.9. The minimum absolute atomic E-state index is 0.00512. The van der Waals surface area contributed by atoms with E-state index in [0.29, 0.717) is 26.1 Å². The van der Waals surface area contributed by atoms with E-state index in [0.717, 1.165) is 20.6 Å². The van der Waals surface area contributed by atoms with Crippen LogP contribution in [0.4, 0.5) is 0 Å². The zero-order chi connectivity index (χ0) is 15.0. The van der Waals surface area contributed by atoms with Crippen LogP contribution < -0.4 is 5.56 Å². The summed E-state index contributed by atoms with van der Waals surface area (Å²) in [6.45, 7) is 3.09. The third-order valence-corrected chi connectivity index (χ3v) is 5.17. The largest absolute Gasteiger partial charge is 0.337 e. The summed E-state index contributed by atoms with van der Waals surface area (Å²) in [4.78, 5) is 30.0. The highest BCUT2D eigenvalue weighted by Gasteiger charge is 2.22. The summed E-state index contributed by atoms with van der Waals surface area (Å²) >= 11 is 5.02. The number of thiophene rings is 1. The van der Waals surface area contributed by atoms with Gasteiger partial charge in [0.05, 0.1) is 28.9 Å². The van der Waals surface area contributed by atoms with Gasteiger partial charge in [0.2, 0.25) is 5.91 Å². The summed E-state index contributed by atoms with van der Waals surface area (Å²) in [6, 6.07) is 2.01. The van der Waals surface area contributed by atoms with Gasteiger partial charge in [0.25, 0.3) is 5.56 Å². The fraction of sp³-hybridized carbons (Fsp3) is 0.357. The molecule has 0 saturated carbocycles. The second-order valence-electron chi connectivity index (χ2n) is 5.05. The first-order valence-corrected chi connectivity index (χ1v) is 8.27. The molecule has 5 nitrogen and oxygen atoms in total. The lowest BCUT2D eigenvalue weighted by atomic mass is 10.1. The first kappa shape index (κ1) is 14.5. The number of halogens is 1. The van der Waals surface area contributed by atoms with Gasteiger partial charge in [-0.15, -0.1) is 11.3 Å². The Labute approximate surface area is 134 Å². The summed E-state index contributed by atoms with van der Waals surface area (Å²) < 4.78 is 2.69. The van der Waals surface area contributed by atoms with Gasteiger partial charge in [-0.25, -0.2) is 4.98 Å². The summed E-state index contributed by atoms with van der Waals surface area (Å²) in [5.41, 5.74) is 2.55. The van der Waals surface area contributed by atoms with Crippen molar-refractivity contribution < 1.29 is 4.79 Å². The molecule has 0 radical (unpaired) electrons. The quantitative estimate of drug-likeness (QED) is 0.815. The van der Waals surface area contributed by atoms with Crippen molar-refractivity contribution in [2.45, 2.75) is 26.4 Å². The Kier molecular flexibility index (Phi) is 3.95. The highest BCUT2D eigenvalue weighted by Crippen LogP contribution is 2.21. The van der Waals surface area contributed by atoms with Crippen LogP contribution in [0.2, 0.25) is 0 Å².